The number of carbonyl (C=O) groups excluding carboxylic acids is 2. The molecule has 0 unspecified atom stereocenters. The van der Waals surface area contributed by atoms with Crippen molar-refractivity contribution < 1.29 is 14.7 Å². The minimum atomic E-state index is -1.22. The zero-order chi connectivity index (χ0) is 13.5. The van der Waals surface area contributed by atoms with Crippen molar-refractivity contribution in [3.05, 3.63) is 0 Å². The lowest BCUT2D eigenvalue weighted by molar-refractivity contribution is -0.305. The summed E-state index contributed by atoms with van der Waals surface area (Å²) in [5.74, 6) is -1.38. The van der Waals surface area contributed by atoms with E-state index in [0.29, 0.717) is 19.0 Å². The molecule has 0 atom stereocenters. The maximum Gasteiger partial charge on any atom is 0.223 e. The fraction of sp³-hybridized carbons (Fsp3) is 0.833. The minimum absolute atomic E-state index is 0.153. The highest BCUT2D eigenvalue weighted by atomic mass is 16.4. The average Bonchev–Trinajstić information content (AvgIpc) is 2.35. The summed E-state index contributed by atoms with van der Waals surface area (Å²) in [5.41, 5.74) is 0. The number of carboxylic acids is 1. The first kappa shape index (κ1) is 14.9. The van der Waals surface area contributed by atoms with Gasteiger partial charge < -0.3 is 25.0 Å². The highest BCUT2D eigenvalue weighted by Gasteiger charge is 2.18. The zero-order valence-corrected chi connectivity index (χ0v) is 11.1. The molecule has 0 spiro atoms. The predicted octanol–water partition coefficient (Wildman–Crippen LogP) is -1.73. The Kier molecular flexibility index (Phi) is 6.07. The van der Waals surface area contributed by atoms with Gasteiger partial charge in [0, 0.05) is 26.1 Å². The number of carboxylic acid groups (broad SMARTS) is 1. The van der Waals surface area contributed by atoms with Crippen molar-refractivity contribution in [3.8, 4) is 0 Å². The van der Waals surface area contributed by atoms with E-state index in [-0.39, 0.29) is 12.5 Å². The molecule has 0 aromatic rings. The number of nitrogens with zero attached hydrogens (tertiary/aromatic N) is 2. The van der Waals surface area contributed by atoms with E-state index in [4.69, 9.17) is 0 Å². The van der Waals surface area contributed by atoms with Gasteiger partial charge in [0.05, 0.1) is 12.5 Å². The van der Waals surface area contributed by atoms with Gasteiger partial charge in [0.15, 0.2) is 0 Å². The van der Waals surface area contributed by atoms with Crippen LogP contribution in [-0.2, 0) is 9.59 Å². The lowest BCUT2D eigenvalue weighted by atomic mass is 10.1. The van der Waals surface area contributed by atoms with Crippen LogP contribution in [0.5, 0.6) is 0 Å². The number of carbonyl (C=O) groups is 2. The molecule has 1 rings (SSSR count). The summed E-state index contributed by atoms with van der Waals surface area (Å²) in [7, 11) is 3.50. The first-order chi connectivity index (χ1) is 8.50. The van der Waals surface area contributed by atoms with Gasteiger partial charge in [0.25, 0.3) is 0 Å². The van der Waals surface area contributed by atoms with Crippen molar-refractivity contribution in [2.45, 2.75) is 25.3 Å². The molecule has 0 aliphatic carbocycles. The van der Waals surface area contributed by atoms with Crippen LogP contribution in [-0.4, -0.2) is 68.0 Å². The maximum atomic E-state index is 11.7. The molecule has 1 fully saturated rings. The first-order valence-corrected chi connectivity index (χ1v) is 6.35. The summed E-state index contributed by atoms with van der Waals surface area (Å²) in [6.45, 7) is 2.37. The molecule has 18 heavy (non-hydrogen) atoms. The van der Waals surface area contributed by atoms with Crippen molar-refractivity contribution in [3.63, 3.8) is 0 Å². The Hall–Kier alpha value is -1.14. The molecule has 6 heteroatoms. The van der Waals surface area contributed by atoms with Crippen LogP contribution in [0.2, 0.25) is 0 Å². The molecule has 6 nitrogen and oxygen atoms in total. The highest BCUT2D eigenvalue weighted by molar-refractivity contribution is 5.80. The fourth-order valence-electron chi connectivity index (χ4n) is 2.17. The molecule has 1 N–H and O–H groups in total. The molecule has 0 aromatic heterocycles. The second-order valence-electron chi connectivity index (χ2n) is 4.83. The number of rotatable bonds is 6. The molecule has 1 saturated heterocycles. The standard InChI is InChI=1S/C12H23N3O3/c1-14(10-3-6-13-7-4-10)8-5-11(16)15(2)9-12(17)18/h10,13H,3-9H2,1-2H3,(H,17,18)/p-1. The van der Waals surface area contributed by atoms with E-state index in [1.165, 1.54) is 11.9 Å². The topological polar surface area (TPSA) is 75.7 Å². The number of hydrogen-bond acceptors (Lipinski definition) is 5. The minimum Gasteiger partial charge on any atom is -0.548 e. The SMILES string of the molecule is CN(CC(=O)[O-])C(=O)CCN(C)C1CCNCC1. The van der Waals surface area contributed by atoms with Crippen LogP contribution < -0.4 is 10.4 Å². The Labute approximate surface area is 108 Å². The van der Waals surface area contributed by atoms with Gasteiger partial charge in [-0.1, -0.05) is 0 Å². The molecular formula is C12H22N3O3-. The Balaban J connectivity index is 2.26. The van der Waals surface area contributed by atoms with Crippen molar-refractivity contribution in [2.24, 2.45) is 0 Å². The van der Waals surface area contributed by atoms with Gasteiger partial charge in [-0.3, -0.25) is 4.79 Å². The van der Waals surface area contributed by atoms with Gasteiger partial charge in [-0.05, 0) is 33.0 Å². The smallest absolute Gasteiger partial charge is 0.223 e. The van der Waals surface area contributed by atoms with Crippen LogP contribution in [0, 0.1) is 0 Å². The van der Waals surface area contributed by atoms with E-state index >= 15 is 0 Å². The van der Waals surface area contributed by atoms with Crippen molar-refractivity contribution >= 4 is 11.9 Å². The Morgan fingerprint density at radius 3 is 2.44 bits per heavy atom. The summed E-state index contributed by atoms with van der Waals surface area (Å²) in [4.78, 5) is 25.4. The van der Waals surface area contributed by atoms with Crippen LogP contribution in [0.1, 0.15) is 19.3 Å². The predicted molar refractivity (Wildman–Crippen MR) is 65.8 cm³/mol. The molecule has 1 aliphatic heterocycles. The number of piperidine rings is 1. The quantitative estimate of drug-likeness (QED) is 0.611. The third-order valence-electron chi connectivity index (χ3n) is 3.40. The second kappa shape index (κ2) is 7.33. The first-order valence-electron chi connectivity index (χ1n) is 6.35. The van der Waals surface area contributed by atoms with E-state index in [1.54, 1.807) is 0 Å². The van der Waals surface area contributed by atoms with E-state index in [0.717, 1.165) is 25.9 Å². The van der Waals surface area contributed by atoms with E-state index in [2.05, 4.69) is 10.2 Å². The van der Waals surface area contributed by atoms with E-state index in [9.17, 15) is 14.7 Å². The van der Waals surface area contributed by atoms with E-state index in [1.807, 2.05) is 7.05 Å². The third-order valence-corrected chi connectivity index (χ3v) is 3.40. The molecule has 104 valence electrons. The maximum absolute atomic E-state index is 11.7. The van der Waals surface area contributed by atoms with Gasteiger partial charge >= 0.3 is 0 Å². The van der Waals surface area contributed by atoms with Crippen LogP contribution in [0.4, 0.5) is 0 Å². The van der Waals surface area contributed by atoms with E-state index < -0.39 is 5.97 Å². The van der Waals surface area contributed by atoms with Crippen molar-refractivity contribution in [2.75, 3.05) is 40.3 Å². The number of hydrogen-bond donors (Lipinski definition) is 1. The van der Waals surface area contributed by atoms with Gasteiger partial charge in [0.2, 0.25) is 5.91 Å². The molecule has 0 radical (unpaired) electrons. The summed E-state index contributed by atoms with van der Waals surface area (Å²) in [6.07, 6.45) is 2.54. The number of aliphatic carboxylic acids is 1. The van der Waals surface area contributed by atoms with Crippen LogP contribution >= 0.6 is 0 Å². The Bertz CT molecular complexity index is 290. The molecule has 0 aromatic carbocycles. The molecule has 0 bridgehead atoms. The van der Waals surface area contributed by atoms with Gasteiger partial charge in [-0.2, -0.15) is 0 Å². The fourth-order valence-corrected chi connectivity index (χ4v) is 2.17. The summed E-state index contributed by atoms with van der Waals surface area (Å²) < 4.78 is 0. The molecule has 0 saturated carbocycles. The van der Waals surface area contributed by atoms with Crippen LogP contribution in [0.15, 0.2) is 0 Å². The Morgan fingerprint density at radius 1 is 1.28 bits per heavy atom. The number of nitrogens with one attached hydrogen (secondary N) is 1. The van der Waals surface area contributed by atoms with Crippen LogP contribution in [0.25, 0.3) is 0 Å². The largest absolute Gasteiger partial charge is 0.548 e. The van der Waals surface area contributed by atoms with Crippen LogP contribution in [0.3, 0.4) is 0 Å². The summed E-state index contributed by atoms with van der Waals surface area (Å²) >= 11 is 0. The lowest BCUT2D eigenvalue weighted by Crippen LogP contribution is -2.43. The lowest BCUT2D eigenvalue weighted by Gasteiger charge is -2.31. The summed E-state index contributed by atoms with van der Waals surface area (Å²) in [6, 6.07) is 0.519. The third kappa shape index (κ3) is 5.01. The second-order valence-corrected chi connectivity index (χ2v) is 4.83. The van der Waals surface area contributed by atoms with Gasteiger partial charge in [-0.25, -0.2) is 0 Å². The molecule has 1 aliphatic rings. The molecule has 1 heterocycles. The van der Waals surface area contributed by atoms with Gasteiger partial charge in [0.1, 0.15) is 0 Å². The molecular weight excluding hydrogens is 234 g/mol. The highest BCUT2D eigenvalue weighted by Crippen LogP contribution is 2.10. The van der Waals surface area contributed by atoms with Crippen molar-refractivity contribution in [1.29, 1.82) is 0 Å². The summed E-state index contributed by atoms with van der Waals surface area (Å²) in [5, 5.41) is 13.7. The number of amides is 1. The average molecular weight is 256 g/mol. The van der Waals surface area contributed by atoms with Gasteiger partial charge in [-0.15, -0.1) is 0 Å². The normalized spacial score (nSPS) is 16.8. The number of likely N-dealkylation sites (N-methyl/N-ethyl adjacent to an activating group) is 1. The zero-order valence-electron chi connectivity index (χ0n) is 11.1. The molecule has 1 amide bonds. The monoisotopic (exact) mass is 256 g/mol. The Morgan fingerprint density at radius 2 is 1.89 bits per heavy atom. The van der Waals surface area contributed by atoms with Crippen molar-refractivity contribution in [1.82, 2.24) is 15.1 Å².